The average Bonchev–Trinajstić information content (AvgIpc) is 2.78. The van der Waals surface area contributed by atoms with Gasteiger partial charge in [-0.25, -0.2) is 8.42 Å². The van der Waals surface area contributed by atoms with Crippen molar-refractivity contribution in [1.82, 2.24) is 4.90 Å². The second-order valence-corrected chi connectivity index (χ2v) is 7.21. The van der Waals surface area contributed by atoms with E-state index in [0.717, 1.165) is 12.7 Å². The van der Waals surface area contributed by atoms with Crippen molar-refractivity contribution in [2.45, 2.75) is 19.4 Å². The van der Waals surface area contributed by atoms with Crippen LogP contribution < -0.4 is 4.72 Å². The molecule has 0 spiro atoms. The zero-order chi connectivity index (χ0) is 15.6. The molecule has 1 fully saturated rings. The summed E-state index contributed by atoms with van der Waals surface area (Å²) in [4.78, 5) is 14.1. The lowest BCUT2D eigenvalue weighted by Gasteiger charge is -2.25. The summed E-state index contributed by atoms with van der Waals surface area (Å²) in [6, 6.07) is 6.15. The first-order chi connectivity index (χ1) is 9.81. The summed E-state index contributed by atoms with van der Waals surface area (Å²) in [6.45, 7) is 2.61. The minimum Gasteiger partial charge on any atom is -0.394 e. The molecule has 2 rings (SSSR count). The lowest BCUT2D eigenvalue weighted by Crippen LogP contribution is -2.39. The quantitative estimate of drug-likeness (QED) is 0.865. The number of aliphatic hydroxyl groups is 1. The molecule has 1 aromatic carbocycles. The summed E-state index contributed by atoms with van der Waals surface area (Å²) in [5.41, 5.74) is 0.907. The second kappa shape index (κ2) is 6.03. The van der Waals surface area contributed by atoms with Crippen molar-refractivity contribution >= 4 is 21.6 Å². The van der Waals surface area contributed by atoms with Gasteiger partial charge in [-0.3, -0.25) is 9.52 Å². The van der Waals surface area contributed by atoms with E-state index in [-0.39, 0.29) is 24.5 Å². The number of rotatable bonds is 4. The second-order valence-electron chi connectivity index (χ2n) is 5.47. The molecule has 21 heavy (non-hydrogen) atoms. The van der Waals surface area contributed by atoms with E-state index >= 15 is 0 Å². The van der Waals surface area contributed by atoms with Gasteiger partial charge in [-0.1, -0.05) is 6.92 Å². The fourth-order valence-corrected chi connectivity index (χ4v) is 3.16. The van der Waals surface area contributed by atoms with Crippen LogP contribution in [0.25, 0.3) is 0 Å². The summed E-state index contributed by atoms with van der Waals surface area (Å²) < 4.78 is 24.6. The Hall–Kier alpha value is -1.60. The molecule has 6 nitrogen and oxygen atoms in total. The number of sulfonamides is 1. The van der Waals surface area contributed by atoms with Gasteiger partial charge in [-0.15, -0.1) is 0 Å². The number of carbonyl (C=O) groups excluding carboxylic acids is 1. The predicted octanol–water partition coefficient (Wildman–Crippen LogP) is 0.901. The van der Waals surface area contributed by atoms with Gasteiger partial charge in [0, 0.05) is 17.8 Å². The Labute approximate surface area is 124 Å². The van der Waals surface area contributed by atoms with Gasteiger partial charge >= 0.3 is 0 Å². The Morgan fingerprint density at radius 2 is 2.00 bits per heavy atom. The van der Waals surface area contributed by atoms with Gasteiger partial charge in [-0.05, 0) is 36.6 Å². The van der Waals surface area contributed by atoms with Gasteiger partial charge in [0.15, 0.2) is 0 Å². The molecular weight excluding hydrogens is 292 g/mol. The Balaban J connectivity index is 2.13. The van der Waals surface area contributed by atoms with E-state index in [1.54, 1.807) is 29.2 Å². The average molecular weight is 312 g/mol. The molecule has 1 heterocycles. The number of nitrogens with zero attached hydrogens (tertiary/aromatic N) is 1. The topological polar surface area (TPSA) is 86.7 Å². The smallest absolute Gasteiger partial charge is 0.254 e. The standard InChI is InChI=1S/C14H20N2O4S/c1-10-7-8-16(13(10)9-17)14(18)11-3-5-12(6-4-11)15-21(2,19)20/h3-6,10,13,15,17H,7-9H2,1-2H3. The summed E-state index contributed by atoms with van der Waals surface area (Å²) in [7, 11) is -3.32. The molecule has 0 bridgehead atoms. The van der Waals surface area contributed by atoms with Crippen molar-refractivity contribution in [1.29, 1.82) is 0 Å². The van der Waals surface area contributed by atoms with Crippen LogP contribution in [0, 0.1) is 5.92 Å². The number of hydrogen-bond donors (Lipinski definition) is 2. The fourth-order valence-electron chi connectivity index (χ4n) is 2.60. The molecule has 1 saturated heterocycles. The van der Waals surface area contributed by atoms with Crippen molar-refractivity contribution in [3.8, 4) is 0 Å². The van der Waals surface area contributed by atoms with Crippen LogP contribution in [0.2, 0.25) is 0 Å². The maximum absolute atomic E-state index is 12.4. The minimum atomic E-state index is -3.32. The SMILES string of the molecule is CC1CCN(C(=O)c2ccc(NS(C)(=O)=O)cc2)C1CO. The predicted molar refractivity (Wildman–Crippen MR) is 80.6 cm³/mol. The van der Waals surface area contributed by atoms with Crippen molar-refractivity contribution < 1.29 is 18.3 Å². The first kappa shape index (κ1) is 15.8. The van der Waals surface area contributed by atoms with E-state index in [4.69, 9.17) is 0 Å². The molecule has 2 atom stereocenters. The van der Waals surface area contributed by atoms with E-state index in [1.165, 1.54) is 0 Å². The Kier molecular flexibility index (Phi) is 4.53. The third-order valence-electron chi connectivity index (χ3n) is 3.77. The Morgan fingerprint density at radius 1 is 1.38 bits per heavy atom. The molecule has 0 saturated carbocycles. The number of carbonyl (C=O) groups is 1. The minimum absolute atomic E-state index is 0.0410. The molecule has 1 amide bonds. The van der Waals surface area contributed by atoms with Crippen molar-refractivity contribution in [3.63, 3.8) is 0 Å². The number of hydrogen-bond acceptors (Lipinski definition) is 4. The van der Waals surface area contributed by atoms with Crippen LogP contribution in [0.3, 0.4) is 0 Å². The van der Waals surface area contributed by atoms with E-state index < -0.39 is 10.0 Å². The molecule has 1 aliphatic heterocycles. The third kappa shape index (κ3) is 3.74. The van der Waals surface area contributed by atoms with Gasteiger partial charge in [0.2, 0.25) is 10.0 Å². The zero-order valence-electron chi connectivity index (χ0n) is 12.1. The highest BCUT2D eigenvalue weighted by molar-refractivity contribution is 7.92. The number of nitrogens with one attached hydrogen (secondary N) is 1. The van der Waals surface area contributed by atoms with Crippen LogP contribution in [0.15, 0.2) is 24.3 Å². The zero-order valence-corrected chi connectivity index (χ0v) is 12.9. The molecule has 2 N–H and O–H groups in total. The van der Waals surface area contributed by atoms with Crippen LogP contribution in [0.1, 0.15) is 23.7 Å². The number of likely N-dealkylation sites (tertiary alicyclic amines) is 1. The highest BCUT2D eigenvalue weighted by Gasteiger charge is 2.34. The summed E-state index contributed by atoms with van der Waals surface area (Å²) in [5.74, 6) is 0.148. The Morgan fingerprint density at radius 3 is 2.52 bits per heavy atom. The molecule has 2 unspecified atom stereocenters. The van der Waals surface area contributed by atoms with E-state index in [9.17, 15) is 18.3 Å². The van der Waals surface area contributed by atoms with E-state index in [1.807, 2.05) is 6.92 Å². The lowest BCUT2D eigenvalue weighted by molar-refractivity contribution is 0.0648. The highest BCUT2D eigenvalue weighted by Crippen LogP contribution is 2.25. The van der Waals surface area contributed by atoms with E-state index in [0.29, 0.717) is 17.8 Å². The number of benzene rings is 1. The first-order valence-electron chi connectivity index (χ1n) is 6.81. The molecule has 0 radical (unpaired) electrons. The third-order valence-corrected chi connectivity index (χ3v) is 4.37. The van der Waals surface area contributed by atoms with Crippen molar-refractivity contribution in [3.05, 3.63) is 29.8 Å². The molecule has 0 aliphatic carbocycles. The molecular formula is C14H20N2O4S. The van der Waals surface area contributed by atoms with E-state index in [2.05, 4.69) is 4.72 Å². The summed E-state index contributed by atoms with van der Waals surface area (Å²) in [5, 5.41) is 9.40. The maximum Gasteiger partial charge on any atom is 0.254 e. The van der Waals surface area contributed by atoms with Crippen LogP contribution in [-0.4, -0.2) is 49.8 Å². The summed E-state index contributed by atoms with van der Waals surface area (Å²) >= 11 is 0. The van der Waals surface area contributed by atoms with Gasteiger partial charge in [0.05, 0.1) is 18.9 Å². The molecule has 1 aliphatic rings. The Bertz CT molecular complexity index is 612. The first-order valence-corrected chi connectivity index (χ1v) is 8.70. The van der Waals surface area contributed by atoms with Crippen molar-refractivity contribution in [2.24, 2.45) is 5.92 Å². The number of amides is 1. The van der Waals surface area contributed by atoms with Crippen LogP contribution in [0.4, 0.5) is 5.69 Å². The van der Waals surface area contributed by atoms with Gasteiger partial charge in [0.1, 0.15) is 0 Å². The highest BCUT2D eigenvalue weighted by atomic mass is 32.2. The maximum atomic E-state index is 12.4. The van der Waals surface area contributed by atoms with Gasteiger partial charge < -0.3 is 10.0 Å². The number of anilines is 1. The lowest BCUT2D eigenvalue weighted by atomic mass is 10.0. The normalized spacial score (nSPS) is 22.3. The van der Waals surface area contributed by atoms with Crippen LogP contribution >= 0.6 is 0 Å². The number of aliphatic hydroxyl groups excluding tert-OH is 1. The molecule has 1 aromatic rings. The summed E-state index contributed by atoms with van der Waals surface area (Å²) in [6.07, 6.45) is 1.95. The molecule has 7 heteroatoms. The van der Waals surface area contributed by atoms with Crippen molar-refractivity contribution in [2.75, 3.05) is 24.1 Å². The van der Waals surface area contributed by atoms with Gasteiger partial charge in [-0.2, -0.15) is 0 Å². The van der Waals surface area contributed by atoms with Crippen LogP contribution in [-0.2, 0) is 10.0 Å². The monoisotopic (exact) mass is 312 g/mol. The van der Waals surface area contributed by atoms with Crippen LogP contribution in [0.5, 0.6) is 0 Å². The fraction of sp³-hybridized carbons (Fsp3) is 0.500. The molecule has 116 valence electrons. The van der Waals surface area contributed by atoms with Gasteiger partial charge in [0.25, 0.3) is 5.91 Å². The molecule has 0 aromatic heterocycles. The largest absolute Gasteiger partial charge is 0.394 e.